The molecule has 0 bridgehead atoms. The molecule has 1 unspecified atom stereocenters. The molecule has 0 spiro atoms. The van der Waals surface area contributed by atoms with Gasteiger partial charge in [0.05, 0.1) is 4.83 Å². The predicted octanol–water partition coefficient (Wildman–Crippen LogP) is 2.33. The summed E-state index contributed by atoms with van der Waals surface area (Å²) in [7, 11) is 0. The van der Waals surface area contributed by atoms with Crippen LogP contribution in [0, 0.1) is 18.3 Å². The third kappa shape index (κ3) is 6.04. The van der Waals surface area contributed by atoms with Crippen LogP contribution in [0.2, 0.25) is 0 Å². The molecule has 1 N–H and O–H groups in total. The highest BCUT2D eigenvalue weighted by atomic mass is 79.9. The first kappa shape index (κ1) is 13.5. The minimum absolute atomic E-state index is 0.0701. The number of amides is 1. The van der Waals surface area contributed by atoms with Gasteiger partial charge in [-0.1, -0.05) is 29.8 Å². The fraction of sp³-hybridized carbons (Fsp3) is 0.727. The summed E-state index contributed by atoms with van der Waals surface area (Å²) >= 11 is 3.35. The van der Waals surface area contributed by atoms with Gasteiger partial charge in [0.25, 0.3) is 0 Å². The monoisotopic (exact) mass is 259 g/mol. The molecule has 0 aromatic carbocycles. The van der Waals surface area contributed by atoms with E-state index in [0.717, 1.165) is 25.8 Å². The number of unbranched alkanes of at least 4 members (excludes halogenated alkanes) is 2. The highest BCUT2D eigenvalue weighted by molar-refractivity contribution is 9.10. The maximum atomic E-state index is 11.4. The Kier molecular flexibility index (Phi) is 7.60. The molecule has 0 radical (unpaired) electrons. The standard InChI is InChI=1S/C11H18BrNO/c1-4-5-6-7-8-13-11(14)10(12)9(2)3/h1,9-10H,5-8H2,2-3H3,(H,13,14). The maximum absolute atomic E-state index is 11.4. The molecule has 0 rings (SSSR count). The minimum Gasteiger partial charge on any atom is -0.355 e. The Bertz CT molecular complexity index is 208. The molecule has 1 atom stereocenters. The summed E-state index contributed by atoms with van der Waals surface area (Å²) in [6, 6.07) is 0. The number of nitrogens with one attached hydrogen (secondary N) is 1. The van der Waals surface area contributed by atoms with Gasteiger partial charge in [0, 0.05) is 13.0 Å². The van der Waals surface area contributed by atoms with Gasteiger partial charge < -0.3 is 5.32 Å². The van der Waals surface area contributed by atoms with Crippen molar-refractivity contribution in [3.8, 4) is 12.3 Å². The number of alkyl halides is 1. The number of terminal acetylenes is 1. The van der Waals surface area contributed by atoms with Crippen LogP contribution in [-0.4, -0.2) is 17.3 Å². The van der Waals surface area contributed by atoms with Gasteiger partial charge >= 0.3 is 0 Å². The molecule has 0 aliphatic rings. The van der Waals surface area contributed by atoms with Crippen molar-refractivity contribution >= 4 is 21.8 Å². The number of hydrogen-bond donors (Lipinski definition) is 1. The number of hydrogen-bond acceptors (Lipinski definition) is 1. The van der Waals surface area contributed by atoms with Crippen molar-refractivity contribution in [1.29, 1.82) is 0 Å². The average Bonchev–Trinajstić information content (AvgIpc) is 2.16. The summed E-state index contributed by atoms with van der Waals surface area (Å²) < 4.78 is 0. The molecule has 0 saturated carbocycles. The molecule has 14 heavy (non-hydrogen) atoms. The molecule has 80 valence electrons. The van der Waals surface area contributed by atoms with Gasteiger partial charge in [-0.3, -0.25) is 4.79 Å². The number of carbonyl (C=O) groups excluding carboxylic acids is 1. The van der Waals surface area contributed by atoms with Crippen LogP contribution in [0.25, 0.3) is 0 Å². The van der Waals surface area contributed by atoms with Crippen molar-refractivity contribution in [1.82, 2.24) is 5.32 Å². The van der Waals surface area contributed by atoms with Crippen LogP contribution in [0.4, 0.5) is 0 Å². The third-order valence-corrected chi connectivity index (χ3v) is 3.36. The lowest BCUT2D eigenvalue weighted by Crippen LogP contribution is -2.34. The van der Waals surface area contributed by atoms with Crippen molar-refractivity contribution in [2.75, 3.05) is 6.54 Å². The third-order valence-electron chi connectivity index (χ3n) is 1.88. The first-order chi connectivity index (χ1) is 6.59. The minimum atomic E-state index is -0.0878. The van der Waals surface area contributed by atoms with Crippen molar-refractivity contribution in [2.45, 2.75) is 37.9 Å². The molecule has 0 heterocycles. The van der Waals surface area contributed by atoms with Crippen LogP contribution in [0.1, 0.15) is 33.1 Å². The quantitative estimate of drug-likeness (QED) is 0.443. The van der Waals surface area contributed by atoms with E-state index in [1.54, 1.807) is 0 Å². The van der Waals surface area contributed by atoms with Gasteiger partial charge in [-0.05, 0) is 18.8 Å². The lowest BCUT2D eigenvalue weighted by atomic mass is 10.1. The Labute approximate surface area is 95.0 Å². The Hall–Kier alpha value is -0.490. The summed E-state index contributed by atoms with van der Waals surface area (Å²) in [4.78, 5) is 11.3. The molecular formula is C11H18BrNO. The molecule has 0 aromatic heterocycles. The van der Waals surface area contributed by atoms with Crippen LogP contribution in [0.15, 0.2) is 0 Å². The van der Waals surface area contributed by atoms with E-state index in [9.17, 15) is 4.79 Å². The summed E-state index contributed by atoms with van der Waals surface area (Å²) in [5.74, 6) is 2.97. The second-order valence-corrected chi connectivity index (χ2v) is 4.58. The molecular weight excluding hydrogens is 242 g/mol. The second-order valence-electron chi connectivity index (χ2n) is 3.60. The lowest BCUT2D eigenvalue weighted by Gasteiger charge is -2.13. The van der Waals surface area contributed by atoms with Crippen LogP contribution in [-0.2, 0) is 4.79 Å². The molecule has 3 heteroatoms. The van der Waals surface area contributed by atoms with Crippen LogP contribution in [0.5, 0.6) is 0 Å². The van der Waals surface area contributed by atoms with Crippen LogP contribution in [0.3, 0.4) is 0 Å². The zero-order valence-corrected chi connectivity index (χ0v) is 10.4. The first-order valence-electron chi connectivity index (χ1n) is 4.94. The van der Waals surface area contributed by atoms with Gasteiger partial charge in [-0.25, -0.2) is 0 Å². The molecule has 0 saturated heterocycles. The number of rotatable bonds is 6. The van der Waals surface area contributed by atoms with E-state index < -0.39 is 0 Å². The maximum Gasteiger partial charge on any atom is 0.234 e. The zero-order chi connectivity index (χ0) is 11.0. The molecule has 0 aromatic rings. The Morgan fingerprint density at radius 1 is 1.50 bits per heavy atom. The number of halogens is 1. The zero-order valence-electron chi connectivity index (χ0n) is 8.85. The molecule has 1 amide bonds. The fourth-order valence-electron chi connectivity index (χ4n) is 0.964. The fourth-order valence-corrected chi connectivity index (χ4v) is 1.13. The van der Waals surface area contributed by atoms with E-state index in [1.807, 2.05) is 13.8 Å². The van der Waals surface area contributed by atoms with E-state index >= 15 is 0 Å². The van der Waals surface area contributed by atoms with E-state index in [0.29, 0.717) is 5.92 Å². The van der Waals surface area contributed by atoms with Gasteiger partial charge in [-0.2, -0.15) is 0 Å². The Morgan fingerprint density at radius 3 is 2.64 bits per heavy atom. The molecule has 0 fully saturated rings. The number of carbonyl (C=O) groups is 1. The molecule has 0 aliphatic carbocycles. The molecule has 0 aliphatic heterocycles. The van der Waals surface area contributed by atoms with Crippen molar-refractivity contribution in [3.63, 3.8) is 0 Å². The summed E-state index contributed by atoms with van der Waals surface area (Å²) in [6.07, 6.45) is 7.83. The SMILES string of the molecule is C#CCCCCNC(=O)C(Br)C(C)C. The summed E-state index contributed by atoms with van der Waals surface area (Å²) in [5, 5.41) is 2.87. The molecule has 2 nitrogen and oxygen atoms in total. The van der Waals surface area contributed by atoms with Crippen molar-refractivity contribution < 1.29 is 4.79 Å². The topological polar surface area (TPSA) is 29.1 Å². The smallest absolute Gasteiger partial charge is 0.234 e. The van der Waals surface area contributed by atoms with Crippen LogP contribution >= 0.6 is 15.9 Å². The summed E-state index contributed by atoms with van der Waals surface area (Å²) in [5.41, 5.74) is 0. The van der Waals surface area contributed by atoms with Gasteiger partial charge in [-0.15, -0.1) is 12.3 Å². The predicted molar refractivity (Wildman–Crippen MR) is 63.2 cm³/mol. The van der Waals surface area contributed by atoms with E-state index in [1.165, 1.54) is 0 Å². The highest BCUT2D eigenvalue weighted by Crippen LogP contribution is 2.11. The van der Waals surface area contributed by atoms with Gasteiger partial charge in [0.2, 0.25) is 5.91 Å². The highest BCUT2D eigenvalue weighted by Gasteiger charge is 2.17. The second kappa shape index (κ2) is 7.87. The van der Waals surface area contributed by atoms with Crippen molar-refractivity contribution in [3.05, 3.63) is 0 Å². The van der Waals surface area contributed by atoms with E-state index in [2.05, 4.69) is 27.2 Å². The van der Waals surface area contributed by atoms with Gasteiger partial charge in [0.1, 0.15) is 0 Å². The Balaban J connectivity index is 3.50. The largest absolute Gasteiger partial charge is 0.355 e. The van der Waals surface area contributed by atoms with E-state index in [4.69, 9.17) is 6.42 Å². The first-order valence-corrected chi connectivity index (χ1v) is 5.86. The Morgan fingerprint density at radius 2 is 2.14 bits per heavy atom. The van der Waals surface area contributed by atoms with Gasteiger partial charge in [0.15, 0.2) is 0 Å². The summed E-state index contributed by atoms with van der Waals surface area (Å²) in [6.45, 7) is 4.74. The lowest BCUT2D eigenvalue weighted by molar-refractivity contribution is -0.121. The average molecular weight is 260 g/mol. The van der Waals surface area contributed by atoms with Crippen molar-refractivity contribution in [2.24, 2.45) is 5.92 Å². The normalized spacial score (nSPS) is 12.2. The van der Waals surface area contributed by atoms with Crippen LogP contribution < -0.4 is 5.32 Å². The van der Waals surface area contributed by atoms with E-state index in [-0.39, 0.29) is 10.7 Å².